The molecule has 21 heteroatoms. The molecule has 11 N–H and O–H groups in total. The molecule has 340 valence electrons. The standard InChI is InChI=1S/C41H58N8O12S/c1-4-21(2)9-35(57)44-14-26(51)10-25-20-62-41-28-8-6-5-7-23(28)16-48(41)17-24(37(58)45-15-34(43)56)11-31(53)36(22(3)32(54)19-50)47-39(60)30-12-27(52)18-49(30)40(61)29(13-33(42)55)46-38(25)59/h5-8,16,21-22,24-25,27,29-30,32,36,50,52,54H,4,9-15,17-20H2,1-3H3,(H2,42,55)(H2,43,56)(H,44,57)(H,45,58)(H,46,59)(H,47,60). The number of hydrogen-bond donors (Lipinski definition) is 9. The number of carbonyl (C=O) groups excluding carboxylic acids is 9. The largest absolute Gasteiger partial charge is 0.394 e. The molecule has 1 saturated heterocycles. The molecule has 0 saturated carbocycles. The van der Waals surface area contributed by atoms with Gasteiger partial charge in [-0.3, -0.25) is 43.2 Å². The second-order valence-electron chi connectivity index (χ2n) is 16.2. The van der Waals surface area contributed by atoms with Crippen molar-refractivity contribution in [3.05, 3.63) is 30.5 Å². The van der Waals surface area contributed by atoms with Crippen LogP contribution in [0.4, 0.5) is 0 Å². The first-order valence-electron chi connectivity index (χ1n) is 20.6. The Kier molecular flexibility index (Phi) is 18.0. The van der Waals surface area contributed by atoms with Crippen LogP contribution in [0, 0.1) is 23.7 Å². The molecule has 0 aliphatic carbocycles. The summed E-state index contributed by atoms with van der Waals surface area (Å²) in [6, 6.07) is 2.43. The first-order chi connectivity index (χ1) is 29.3. The van der Waals surface area contributed by atoms with Crippen LogP contribution >= 0.6 is 11.8 Å². The second-order valence-corrected chi connectivity index (χ2v) is 17.2. The predicted molar refractivity (Wildman–Crippen MR) is 224 cm³/mol. The lowest BCUT2D eigenvalue weighted by molar-refractivity contribution is -0.144. The van der Waals surface area contributed by atoms with Crippen molar-refractivity contribution in [2.45, 2.75) is 101 Å². The molecule has 0 radical (unpaired) electrons. The summed E-state index contributed by atoms with van der Waals surface area (Å²) in [6.45, 7) is 2.83. The molecule has 1 aromatic carbocycles. The average molecular weight is 887 g/mol. The van der Waals surface area contributed by atoms with Gasteiger partial charge >= 0.3 is 0 Å². The molecule has 0 spiro atoms. The number of nitrogens with zero attached hydrogens (tertiary/aromatic N) is 2. The quantitative estimate of drug-likeness (QED) is 0.0923. The zero-order valence-corrected chi connectivity index (χ0v) is 35.9. The lowest BCUT2D eigenvalue weighted by Gasteiger charge is -2.32. The molecule has 62 heavy (non-hydrogen) atoms. The zero-order chi connectivity index (χ0) is 45.8. The van der Waals surface area contributed by atoms with Crippen LogP contribution in [0.25, 0.3) is 10.8 Å². The summed E-state index contributed by atoms with van der Waals surface area (Å²) < 4.78 is 1.67. The van der Waals surface area contributed by atoms with Crippen LogP contribution < -0.4 is 32.7 Å². The number of aliphatic hydroxyl groups is 3. The molecular weight excluding hydrogens is 829 g/mol. The molecule has 20 nitrogen and oxygen atoms in total. The number of carbonyl (C=O) groups is 9. The SMILES string of the molecule is CCC(C)CC(=O)NCC(=O)CC1CSc2c3ccccc3cn2CC(C(=O)NCC(N)=O)CC(=O)C(C(C)C(O)CO)NC(=O)C2CC(O)CN2C(=O)C(CC(N)=O)NC1=O. The number of Topliss-reactive ketones (excluding diaryl/α,β-unsaturated/α-hetero) is 2. The molecule has 9 atom stereocenters. The highest BCUT2D eigenvalue weighted by molar-refractivity contribution is 7.99. The fraction of sp³-hybridized carbons (Fsp3) is 0.585. The number of ketones is 2. The van der Waals surface area contributed by atoms with Crippen molar-refractivity contribution in [3.63, 3.8) is 0 Å². The van der Waals surface area contributed by atoms with E-state index in [0.717, 1.165) is 23.1 Å². The lowest BCUT2D eigenvalue weighted by atomic mass is 9.87. The molecule has 1 aromatic heterocycles. The molecule has 2 aliphatic heterocycles. The smallest absolute Gasteiger partial charge is 0.246 e. The number of rotatable bonds is 15. The fourth-order valence-electron chi connectivity index (χ4n) is 7.47. The molecule has 7 amide bonds. The summed E-state index contributed by atoms with van der Waals surface area (Å²) in [5, 5.41) is 43.2. The minimum atomic E-state index is -1.66. The minimum absolute atomic E-state index is 0.0679. The Balaban J connectivity index is 1.84. The van der Waals surface area contributed by atoms with E-state index in [1.807, 2.05) is 13.8 Å². The number of thioether (sulfide) groups is 1. The van der Waals surface area contributed by atoms with Crippen molar-refractivity contribution in [1.82, 2.24) is 30.7 Å². The van der Waals surface area contributed by atoms with Gasteiger partial charge in [0, 0.05) is 67.4 Å². The third kappa shape index (κ3) is 13.3. The number of amides is 7. The summed E-state index contributed by atoms with van der Waals surface area (Å²) in [4.78, 5) is 122. The van der Waals surface area contributed by atoms with Gasteiger partial charge in [0.1, 0.15) is 12.1 Å². The Labute approximate surface area is 362 Å². The van der Waals surface area contributed by atoms with E-state index >= 15 is 0 Å². The number of fused-ring (bicyclic) bond motifs is 4. The highest BCUT2D eigenvalue weighted by Gasteiger charge is 2.44. The van der Waals surface area contributed by atoms with Gasteiger partial charge in [-0.25, -0.2) is 0 Å². The van der Waals surface area contributed by atoms with E-state index in [9.17, 15) is 58.5 Å². The average Bonchev–Trinajstić information content (AvgIpc) is 3.79. The van der Waals surface area contributed by atoms with E-state index in [2.05, 4.69) is 21.3 Å². The molecule has 2 aliphatic rings. The van der Waals surface area contributed by atoms with Gasteiger partial charge in [0.2, 0.25) is 41.4 Å². The van der Waals surface area contributed by atoms with Gasteiger partial charge in [0.15, 0.2) is 11.6 Å². The minimum Gasteiger partial charge on any atom is -0.394 e. The number of nitrogens with two attached hydrogens (primary N) is 2. The van der Waals surface area contributed by atoms with Crippen LogP contribution in [-0.4, -0.2) is 140 Å². The maximum absolute atomic E-state index is 14.3. The first-order valence-corrected chi connectivity index (χ1v) is 21.6. The van der Waals surface area contributed by atoms with Crippen molar-refractivity contribution in [1.29, 1.82) is 0 Å². The number of nitrogens with one attached hydrogen (secondary N) is 4. The maximum Gasteiger partial charge on any atom is 0.246 e. The fourth-order valence-corrected chi connectivity index (χ4v) is 8.73. The summed E-state index contributed by atoms with van der Waals surface area (Å²) in [5.74, 6) is -10.6. The number of aliphatic hydroxyl groups excluding tert-OH is 3. The van der Waals surface area contributed by atoms with Crippen LogP contribution in [0.15, 0.2) is 35.5 Å². The number of primary amides is 2. The van der Waals surface area contributed by atoms with Gasteiger partial charge in [-0.1, -0.05) is 51.5 Å². The predicted octanol–water partition coefficient (Wildman–Crippen LogP) is -2.15. The third-order valence-corrected chi connectivity index (χ3v) is 12.5. The Morgan fingerprint density at radius 3 is 2.32 bits per heavy atom. The molecule has 9 unspecified atom stereocenters. The van der Waals surface area contributed by atoms with E-state index in [4.69, 9.17) is 11.5 Å². The van der Waals surface area contributed by atoms with E-state index < -0.39 is 134 Å². The van der Waals surface area contributed by atoms with Gasteiger partial charge in [0.25, 0.3) is 0 Å². The van der Waals surface area contributed by atoms with Crippen molar-refractivity contribution in [2.75, 3.05) is 32.0 Å². The molecular formula is C41H58N8O12S. The van der Waals surface area contributed by atoms with Crippen LogP contribution in [0.5, 0.6) is 0 Å². The van der Waals surface area contributed by atoms with Gasteiger partial charge in [-0.2, -0.15) is 0 Å². The van der Waals surface area contributed by atoms with E-state index in [-0.39, 0.29) is 43.5 Å². The highest BCUT2D eigenvalue weighted by Crippen LogP contribution is 2.34. The number of benzene rings is 1. The molecule has 4 rings (SSSR count). The van der Waals surface area contributed by atoms with Crippen molar-refractivity contribution in [3.8, 4) is 0 Å². The lowest BCUT2D eigenvalue weighted by Crippen LogP contribution is -2.58. The van der Waals surface area contributed by atoms with Crippen LogP contribution in [0.3, 0.4) is 0 Å². The van der Waals surface area contributed by atoms with E-state index in [1.54, 1.807) is 35.0 Å². The Bertz CT molecular complexity index is 2010. The van der Waals surface area contributed by atoms with Crippen LogP contribution in [-0.2, 0) is 49.7 Å². The summed E-state index contributed by atoms with van der Waals surface area (Å²) in [7, 11) is 0. The molecule has 0 bridgehead atoms. The zero-order valence-electron chi connectivity index (χ0n) is 35.0. The monoisotopic (exact) mass is 886 g/mol. The molecule has 1 fully saturated rings. The summed E-state index contributed by atoms with van der Waals surface area (Å²) >= 11 is 1.13. The van der Waals surface area contributed by atoms with Crippen molar-refractivity contribution < 1.29 is 58.5 Å². The van der Waals surface area contributed by atoms with E-state index in [1.165, 1.54) is 6.92 Å². The van der Waals surface area contributed by atoms with Crippen molar-refractivity contribution >= 4 is 75.5 Å². The van der Waals surface area contributed by atoms with Gasteiger partial charge < -0.3 is 57.5 Å². The van der Waals surface area contributed by atoms with Crippen molar-refractivity contribution in [2.24, 2.45) is 35.1 Å². The van der Waals surface area contributed by atoms with Crippen LogP contribution in [0.1, 0.15) is 59.3 Å². The summed E-state index contributed by atoms with van der Waals surface area (Å²) in [6.07, 6.45) is -2.20. The first kappa shape index (κ1) is 49.3. The normalized spacial score (nSPS) is 24.3. The topological polar surface area (TPSA) is 323 Å². The Morgan fingerprint density at radius 1 is 0.952 bits per heavy atom. The van der Waals surface area contributed by atoms with Gasteiger partial charge in [-0.15, -0.1) is 11.8 Å². The maximum atomic E-state index is 14.3. The number of hydrogen-bond acceptors (Lipinski definition) is 13. The molecule has 2 aromatic rings. The van der Waals surface area contributed by atoms with Crippen LogP contribution in [0.2, 0.25) is 0 Å². The highest BCUT2D eigenvalue weighted by atomic mass is 32.2. The molecule has 3 heterocycles. The van der Waals surface area contributed by atoms with E-state index in [0.29, 0.717) is 15.8 Å². The number of aromatic nitrogens is 1. The van der Waals surface area contributed by atoms with Gasteiger partial charge in [0.05, 0.1) is 61.2 Å². The van der Waals surface area contributed by atoms with Gasteiger partial charge in [-0.05, 0) is 5.92 Å². The Hall–Kier alpha value is -5.38. The summed E-state index contributed by atoms with van der Waals surface area (Å²) in [5.41, 5.74) is 10.8. The third-order valence-electron chi connectivity index (χ3n) is 11.2. The second kappa shape index (κ2) is 22.6. The Morgan fingerprint density at radius 2 is 1.66 bits per heavy atom.